The summed E-state index contributed by atoms with van der Waals surface area (Å²) in [6.07, 6.45) is 0. The topological polar surface area (TPSA) is 98.7 Å². The van der Waals surface area contributed by atoms with Crippen molar-refractivity contribution in [1.82, 2.24) is 5.32 Å². The molecule has 0 heterocycles. The lowest BCUT2D eigenvalue weighted by Gasteiger charge is -2.30. The summed E-state index contributed by atoms with van der Waals surface area (Å²) in [5.74, 6) is -1.86. The van der Waals surface area contributed by atoms with Crippen molar-refractivity contribution < 1.29 is 19.5 Å². The molecule has 1 atom stereocenters. The van der Waals surface area contributed by atoms with Crippen LogP contribution in [0, 0.1) is 6.92 Å². The van der Waals surface area contributed by atoms with Crippen molar-refractivity contribution in [3.05, 3.63) is 95.0 Å². The molecule has 8 heteroatoms. The Morgan fingerprint density at radius 3 is 2.31 bits per heavy atom. The maximum Gasteiger partial charge on any atom is 0.331 e. The first-order valence-electron chi connectivity index (χ1n) is 9.82. The van der Waals surface area contributed by atoms with Crippen LogP contribution < -0.4 is 15.5 Å². The number of amides is 3. The van der Waals surface area contributed by atoms with Crippen molar-refractivity contribution in [3.8, 4) is 0 Å². The maximum atomic E-state index is 13.2. The molecule has 0 saturated heterocycles. The molecule has 0 aromatic heterocycles. The van der Waals surface area contributed by atoms with Gasteiger partial charge < -0.3 is 15.7 Å². The highest BCUT2D eigenvalue weighted by Gasteiger charge is 2.33. The Hall–Kier alpha value is -3.84. The molecule has 1 unspecified atom stereocenters. The lowest BCUT2D eigenvalue weighted by Crippen LogP contribution is -2.45. The van der Waals surface area contributed by atoms with Gasteiger partial charge in [0.05, 0.1) is 6.54 Å². The summed E-state index contributed by atoms with van der Waals surface area (Å²) < 4.78 is 0. The predicted octanol–water partition coefficient (Wildman–Crippen LogP) is 4.63. The average Bonchev–Trinajstić information content (AvgIpc) is 2.77. The van der Waals surface area contributed by atoms with Crippen LogP contribution in [-0.4, -0.2) is 29.6 Å². The number of nitrogens with one attached hydrogen (secondary N) is 2. The van der Waals surface area contributed by atoms with Gasteiger partial charge in [-0.05, 0) is 42.8 Å². The molecule has 3 aromatic rings. The van der Waals surface area contributed by atoms with E-state index in [9.17, 15) is 19.5 Å². The minimum absolute atomic E-state index is 0.221. The lowest BCUT2D eigenvalue weighted by molar-refractivity contribution is -0.140. The molecule has 0 saturated carbocycles. The number of halogens is 1. The van der Waals surface area contributed by atoms with Gasteiger partial charge in [0.2, 0.25) is 5.91 Å². The lowest BCUT2D eigenvalue weighted by atomic mass is 10.0. The van der Waals surface area contributed by atoms with Crippen molar-refractivity contribution in [2.75, 3.05) is 16.8 Å². The normalized spacial score (nSPS) is 11.3. The number of aryl methyl sites for hydroxylation is 1. The van der Waals surface area contributed by atoms with Crippen molar-refractivity contribution in [3.63, 3.8) is 0 Å². The van der Waals surface area contributed by atoms with Crippen molar-refractivity contribution in [1.29, 1.82) is 0 Å². The zero-order valence-corrected chi connectivity index (χ0v) is 18.0. The monoisotopic (exact) mass is 451 g/mol. The van der Waals surface area contributed by atoms with Crippen molar-refractivity contribution in [2.45, 2.75) is 13.0 Å². The quantitative estimate of drug-likeness (QED) is 0.487. The highest BCUT2D eigenvalue weighted by molar-refractivity contribution is 6.31. The highest BCUT2D eigenvalue weighted by atomic mass is 35.5. The van der Waals surface area contributed by atoms with Crippen LogP contribution in [0.2, 0.25) is 5.02 Å². The molecule has 3 rings (SSSR count). The largest absolute Gasteiger partial charge is 0.479 e. The minimum Gasteiger partial charge on any atom is -0.479 e. The number of carbonyl (C=O) groups excluding carboxylic acids is 2. The third kappa shape index (κ3) is 5.65. The average molecular weight is 452 g/mol. The first-order chi connectivity index (χ1) is 15.4. The number of urea groups is 1. The second kappa shape index (κ2) is 10.5. The fraction of sp³-hybridized carbons (Fsp3) is 0.125. The Kier molecular flexibility index (Phi) is 7.46. The number of rotatable bonds is 7. The van der Waals surface area contributed by atoms with E-state index in [2.05, 4.69) is 10.6 Å². The van der Waals surface area contributed by atoms with Crippen LogP contribution in [0.25, 0.3) is 0 Å². The number of benzene rings is 3. The molecular formula is C24H22ClN3O4. The summed E-state index contributed by atoms with van der Waals surface area (Å²) in [6, 6.07) is 20.1. The number of carbonyl (C=O) groups is 3. The summed E-state index contributed by atoms with van der Waals surface area (Å²) in [5, 5.41) is 15.3. The molecule has 3 N–H and O–H groups in total. The SMILES string of the molecule is Cc1cccc(NC(=O)NCC(=O)N(c2ccccc2)C(C(=O)O)c2ccccc2Cl)c1. The molecular weight excluding hydrogens is 430 g/mol. The van der Waals surface area contributed by atoms with E-state index in [1.165, 1.54) is 0 Å². The zero-order chi connectivity index (χ0) is 23.1. The number of aliphatic carboxylic acids is 1. The Labute approximate surface area is 190 Å². The van der Waals surface area contributed by atoms with E-state index < -0.39 is 30.5 Å². The molecule has 0 aliphatic rings. The number of nitrogens with zero attached hydrogens (tertiary/aromatic N) is 1. The van der Waals surface area contributed by atoms with E-state index >= 15 is 0 Å². The summed E-state index contributed by atoms with van der Waals surface area (Å²) in [4.78, 5) is 38.8. The second-order valence-electron chi connectivity index (χ2n) is 7.04. The number of hydrogen-bond acceptors (Lipinski definition) is 3. The molecule has 3 aromatic carbocycles. The Morgan fingerprint density at radius 1 is 0.969 bits per heavy atom. The number of carboxylic acid groups (broad SMARTS) is 1. The van der Waals surface area contributed by atoms with Crippen LogP contribution in [0.5, 0.6) is 0 Å². The van der Waals surface area contributed by atoms with Gasteiger partial charge in [-0.15, -0.1) is 0 Å². The Bertz CT molecular complexity index is 1120. The van der Waals surface area contributed by atoms with Crippen LogP contribution in [0.15, 0.2) is 78.9 Å². The molecule has 0 spiro atoms. The van der Waals surface area contributed by atoms with E-state index in [4.69, 9.17) is 11.6 Å². The first kappa shape index (κ1) is 22.8. The smallest absolute Gasteiger partial charge is 0.331 e. The predicted molar refractivity (Wildman–Crippen MR) is 124 cm³/mol. The molecule has 7 nitrogen and oxygen atoms in total. The van der Waals surface area contributed by atoms with Gasteiger partial charge in [0.25, 0.3) is 0 Å². The van der Waals surface area contributed by atoms with E-state index in [0.717, 1.165) is 10.5 Å². The van der Waals surface area contributed by atoms with Gasteiger partial charge in [-0.2, -0.15) is 0 Å². The third-order valence-electron chi connectivity index (χ3n) is 4.67. The standard InChI is InChI=1S/C24H22ClN3O4/c1-16-8-7-9-17(14-16)27-24(32)26-15-21(29)28(18-10-3-2-4-11-18)22(23(30)31)19-12-5-6-13-20(19)25/h2-14,22H,15H2,1H3,(H,30,31)(H2,26,27,32). The van der Waals surface area contributed by atoms with Crippen molar-refractivity contribution in [2.24, 2.45) is 0 Å². The first-order valence-corrected chi connectivity index (χ1v) is 10.2. The van der Waals surface area contributed by atoms with Gasteiger partial charge in [-0.3, -0.25) is 9.69 Å². The maximum absolute atomic E-state index is 13.2. The van der Waals surface area contributed by atoms with E-state index in [1.54, 1.807) is 72.8 Å². The highest BCUT2D eigenvalue weighted by Crippen LogP contribution is 2.32. The molecule has 0 fully saturated rings. The molecule has 0 aliphatic carbocycles. The molecule has 3 amide bonds. The van der Waals surface area contributed by atoms with E-state index in [0.29, 0.717) is 11.4 Å². The van der Waals surface area contributed by atoms with Crippen LogP contribution in [-0.2, 0) is 9.59 Å². The molecule has 164 valence electrons. The minimum atomic E-state index is -1.37. The van der Waals surface area contributed by atoms with Gasteiger partial charge >= 0.3 is 12.0 Å². The number of carboxylic acids is 1. The number of hydrogen-bond donors (Lipinski definition) is 3. The summed E-state index contributed by atoms with van der Waals surface area (Å²) in [6.45, 7) is 1.48. The number of anilines is 2. The summed E-state index contributed by atoms with van der Waals surface area (Å²) in [5.41, 5.74) is 2.18. The van der Waals surface area contributed by atoms with E-state index in [-0.39, 0.29) is 10.6 Å². The van der Waals surface area contributed by atoms with Crippen LogP contribution in [0.4, 0.5) is 16.2 Å². The van der Waals surface area contributed by atoms with Gasteiger partial charge in [0, 0.05) is 22.0 Å². The van der Waals surface area contributed by atoms with Crippen LogP contribution >= 0.6 is 11.6 Å². The van der Waals surface area contributed by atoms with Crippen LogP contribution in [0.1, 0.15) is 17.2 Å². The van der Waals surface area contributed by atoms with Gasteiger partial charge in [0.15, 0.2) is 6.04 Å². The number of para-hydroxylation sites is 1. The second-order valence-corrected chi connectivity index (χ2v) is 7.45. The summed E-state index contributed by atoms with van der Waals surface area (Å²) in [7, 11) is 0. The van der Waals surface area contributed by atoms with Gasteiger partial charge in [-0.1, -0.05) is 60.1 Å². The van der Waals surface area contributed by atoms with Crippen molar-refractivity contribution >= 4 is 40.9 Å². The fourth-order valence-electron chi connectivity index (χ4n) is 3.24. The molecule has 0 bridgehead atoms. The zero-order valence-electron chi connectivity index (χ0n) is 17.3. The van der Waals surface area contributed by atoms with E-state index in [1.807, 2.05) is 13.0 Å². The Balaban J connectivity index is 1.84. The molecule has 0 aliphatic heterocycles. The third-order valence-corrected chi connectivity index (χ3v) is 5.02. The van der Waals surface area contributed by atoms with Gasteiger partial charge in [-0.25, -0.2) is 9.59 Å². The van der Waals surface area contributed by atoms with Crippen LogP contribution in [0.3, 0.4) is 0 Å². The summed E-state index contributed by atoms with van der Waals surface area (Å²) >= 11 is 6.25. The van der Waals surface area contributed by atoms with Gasteiger partial charge in [0.1, 0.15) is 0 Å². The fourth-order valence-corrected chi connectivity index (χ4v) is 3.48. The Morgan fingerprint density at radius 2 is 1.66 bits per heavy atom. The molecule has 32 heavy (non-hydrogen) atoms. The molecule has 0 radical (unpaired) electrons.